The molecule has 4 nitrogen and oxygen atoms in total. The van der Waals surface area contributed by atoms with Crippen LogP contribution in [0.2, 0.25) is 0 Å². The number of thioether (sulfide) groups is 1. The van der Waals surface area contributed by atoms with Crippen LogP contribution >= 0.6 is 11.8 Å². The van der Waals surface area contributed by atoms with Crippen molar-refractivity contribution in [3.8, 4) is 0 Å². The topological polar surface area (TPSA) is 57.6 Å². The number of amides is 1. The SMILES string of the molecule is O=C(O)C1CSC2/C(=C/c3ccccc3C(F)(F)F)C(=O)N12. The molecular weight excluding hydrogens is 319 g/mol. The maximum absolute atomic E-state index is 12.9. The molecule has 1 aromatic carbocycles. The number of carboxylic acid groups (broad SMARTS) is 1. The molecule has 1 amide bonds. The second-order valence-corrected chi connectivity index (χ2v) is 6.05. The van der Waals surface area contributed by atoms with Crippen molar-refractivity contribution >= 4 is 29.7 Å². The van der Waals surface area contributed by atoms with Gasteiger partial charge in [-0.15, -0.1) is 11.8 Å². The van der Waals surface area contributed by atoms with Crippen molar-refractivity contribution in [2.45, 2.75) is 17.6 Å². The van der Waals surface area contributed by atoms with Crippen molar-refractivity contribution in [1.82, 2.24) is 4.90 Å². The first-order valence-electron chi connectivity index (χ1n) is 6.35. The molecule has 8 heteroatoms. The molecule has 0 spiro atoms. The van der Waals surface area contributed by atoms with Gasteiger partial charge in [0.2, 0.25) is 0 Å². The maximum atomic E-state index is 12.9. The summed E-state index contributed by atoms with van der Waals surface area (Å²) in [7, 11) is 0. The Labute approximate surface area is 127 Å². The second kappa shape index (κ2) is 5.05. The summed E-state index contributed by atoms with van der Waals surface area (Å²) in [5.41, 5.74) is -0.686. The first-order chi connectivity index (χ1) is 10.3. The predicted molar refractivity (Wildman–Crippen MR) is 73.9 cm³/mol. The van der Waals surface area contributed by atoms with E-state index in [0.29, 0.717) is 0 Å². The van der Waals surface area contributed by atoms with Gasteiger partial charge in [0.25, 0.3) is 5.91 Å². The first-order valence-corrected chi connectivity index (χ1v) is 7.40. The van der Waals surface area contributed by atoms with Gasteiger partial charge >= 0.3 is 12.1 Å². The number of carbonyl (C=O) groups excluding carboxylic acids is 1. The second-order valence-electron chi connectivity index (χ2n) is 4.94. The zero-order chi connectivity index (χ0) is 16.1. The van der Waals surface area contributed by atoms with Crippen LogP contribution in [0.1, 0.15) is 11.1 Å². The summed E-state index contributed by atoms with van der Waals surface area (Å²) in [5, 5.41) is 8.53. The first kappa shape index (κ1) is 15.0. The molecular formula is C14H10F3NO3S. The average molecular weight is 329 g/mol. The number of carboxylic acids is 1. The minimum atomic E-state index is -4.51. The Morgan fingerprint density at radius 2 is 2.05 bits per heavy atom. The number of carbonyl (C=O) groups is 2. The van der Waals surface area contributed by atoms with E-state index in [-0.39, 0.29) is 16.9 Å². The normalized spacial score (nSPS) is 26.0. The number of nitrogens with zero attached hydrogens (tertiary/aromatic N) is 1. The van der Waals surface area contributed by atoms with Crippen molar-refractivity contribution in [3.05, 3.63) is 41.0 Å². The molecule has 2 saturated heterocycles. The number of fused-ring (bicyclic) bond motifs is 1. The van der Waals surface area contributed by atoms with Crippen molar-refractivity contribution in [3.63, 3.8) is 0 Å². The minimum Gasteiger partial charge on any atom is -0.480 e. The summed E-state index contributed by atoms with van der Waals surface area (Å²) in [6, 6.07) is 4.09. The predicted octanol–water partition coefficient (Wildman–Crippen LogP) is 2.46. The van der Waals surface area contributed by atoms with Gasteiger partial charge in [0.15, 0.2) is 0 Å². The molecule has 22 heavy (non-hydrogen) atoms. The highest BCUT2D eigenvalue weighted by Gasteiger charge is 2.53. The molecule has 0 saturated carbocycles. The van der Waals surface area contributed by atoms with Crippen LogP contribution in [0.4, 0.5) is 13.2 Å². The molecule has 2 atom stereocenters. The van der Waals surface area contributed by atoms with Crippen LogP contribution in [0.3, 0.4) is 0 Å². The van der Waals surface area contributed by atoms with E-state index in [9.17, 15) is 22.8 Å². The summed E-state index contributed by atoms with van der Waals surface area (Å²) in [5.74, 6) is -1.37. The fraction of sp³-hybridized carbons (Fsp3) is 0.286. The molecule has 2 aliphatic heterocycles. The van der Waals surface area contributed by atoms with Crippen LogP contribution in [-0.2, 0) is 15.8 Å². The molecule has 2 unspecified atom stereocenters. The van der Waals surface area contributed by atoms with Crippen molar-refractivity contribution in [2.75, 3.05) is 5.75 Å². The van der Waals surface area contributed by atoms with Gasteiger partial charge < -0.3 is 10.0 Å². The molecule has 0 radical (unpaired) electrons. The smallest absolute Gasteiger partial charge is 0.416 e. The van der Waals surface area contributed by atoms with E-state index in [1.807, 2.05) is 0 Å². The molecule has 3 rings (SSSR count). The number of rotatable bonds is 2. The third-order valence-electron chi connectivity index (χ3n) is 3.61. The lowest BCUT2D eigenvalue weighted by Gasteiger charge is -2.38. The van der Waals surface area contributed by atoms with E-state index >= 15 is 0 Å². The zero-order valence-electron chi connectivity index (χ0n) is 11.0. The van der Waals surface area contributed by atoms with E-state index in [2.05, 4.69) is 0 Å². The average Bonchev–Trinajstić information content (AvgIpc) is 2.84. The Bertz CT molecular complexity index is 686. The van der Waals surface area contributed by atoms with Crippen LogP contribution in [0, 0.1) is 0 Å². The van der Waals surface area contributed by atoms with Gasteiger partial charge in [-0.2, -0.15) is 13.2 Å². The minimum absolute atomic E-state index is 0.0858. The van der Waals surface area contributed by atoms with Crippen molar-refractivity contribution in [1.29, 1.82) is 0 Å². The standard InChI is InChI=1S/C14H10F3NO3S/c15-14(16,17)9-4-2-1-3-7(9)5-8-11(19)18-10(13(20)21)6-22-12(8)18/h1-5,10,12H,6H2,(H,20,21)/b8-5+. The third-order valence-corrected chi connectivity index (χ3v) is 4.92. The summed E-state index contributed by atoms with van der Waals surface area (Å²) in [6.07, 6.45) is -3.30. The Balaban J connectivity index is 1.93. The lowest BCUT2D eigenvalue weighted by atomic mass is 9.98. The van der Waals surface area contributed by atoms with Crippen LogP contribution in [0.15, 0.2) is 29.8 Å². The molecule has 0 bridgehead atoms. The maximum Gasteiger partial charge on any atom is 0.416 e. The zero-order valence-corrected chi connectivity index (χ0v) is 11.8. The molecule has 2 aliphatic rings. The van der Waals surface area contributed by atoms with Gasteiger partial charge in [0, 0.05) is 5.75 Å². The summed E-state index contributed by atoms with van der Waals surface area (Å²) in [4.78, 5) is 24.2. The van der Waals surface area contributed by atoms with Gasteiger partial charge in [-0.1, -0.05) is 18.2 Å². The van der Waals surface area contributed by atoms with Crippen LogP contribution < -0.4 is 0 Å². The van der Waals surface area contributed by atoms with Gasteiger partial charge in [-0.05, 0) is 17.7 Å². The largest absolute Gasteiger partial charge is 0.480 e. The molecule has 0 aromatic heterocycles. The Morgan fingerprint density at radius 3 is 2.68 bits per heavy atom. The van der Waals surface area contributed by atoms with E-state index in [1.54, 1.807) is 0 Å². The number of aliphatic carboxylic acids is 1. The summed E-state index contributed by atoms with van der Waals surface area (Å²) < 4.78 is 38.8. The van der Waals surface area contributed by atoms with Gasteiger partial charge in [-0.3, -0.25) is 4.79 Å². The molecule has 2 fully saturated rings. The highest BCUT2D eigenvalue weighted by atomic mass is 32.2. The molecule has 2 heterocycles. The third kappa shape index (κ3) is 2.27. The number of alkyl halides is 3. The van der Waals surface area contributed by atoms with Crippen molar-refractivity contribution < 1.29 is 27.9 Å². The van der Waals surface area contributed by atoms with Gasteiger partial charge in [0.05, 0.1) is 11.1 Å². The fourth-order valence-corrected chi connectivity index (χ4v) is 3.97. The fourth-order valence-electron chi connectivity index (χ4n) is 2.55. The Kier molecular flexibility index (Phi) is 3.43. The molecule has 116 valence electrons. The van der Waals surface area contributed by atoms with Crippen molar-refractivity contribution in [2.24, 2.45) is 0 Å². The van der Waals surface area contributed by atoms with E-state index in [1.165, 1.54) is 40.9 Å². The number of hydrogen-bond acceptors (Lipinski definition) is 3. The van der Waals surface area contributed by atoms with Crippen LogP contribution in [-0.4, -0.2) is 39.1 Å². The molecule has 0 aliphatic carbocycles. The number of benzene rings is 1. The monoisotopic (exact) mass is 329 g/mol. The quantitative estimate of drug-likeness (QED) is 0.669. The van der Waals surface area contributed by atoms with Crippen LogP contribution in [0.5, 0.6) is 0 Å². The molecule has 1 N–H and O–H groups in total. The van der Waals surface area contributed by atoms with E-state index in [4.69, 9.17) is 5.11 Å². The number of hydrogen-bond donors (Lipinski definition) is 1. The van der Waals surface area contributed by atoms with E-state index in [0.717, 1.165) is 6.07 Å². The van der Waals surface area contributed by atoms with Crippen LogP contribution in [0.25, 0.3) is 6.08 Å². The summed E-state index contributed by atoms with van der Waals surface area (Å²) in [6.45, 7) is 0. The lowest BCUT2D eigenvalue weighted by Crippen LogP contribution is -2.56. The molecule has 1 aromatic rings. The number of halogens is 3. The highest BCUT2D eigenvalue weighted by molar-refractivity contribution is 8.00. The Hall–Kier alpha value is -1.96. The summed E-state index contributed by atoms with van der Waals surface area (Å²) >= 11 is 1.25. The van der Waals surface area contributed by atoms with Gasteiger partial charge in [0.1, 0.15) is 11.4 Å². The van der Waals surface area contributed by atoms with Gasteiger partial charge in [-0.25, -0.2) is 4.79 Å². The highest BCUT2D eigenvalue weighted by Crippen LogP contribution is 2.44. The Morgan fingerprint density at radius 1 is 1.36 bits per heavy atom. The lowest BCUT2D eigenvalue weighted by molar-refractivity contribution is -0.150. The van der Waals surface area contributed by atoms with E-state index < -0.39 is 35.0 Å². The number of β-lactam (4-membered cyclic amide) rings is 1.